The fourth-order valence-corrected chi connectivity index (χ4v) is 0.875. The first-order valence-corrected chi connectivity index (χ1v) is 3.86. The van der Waals surface area contributed by atoms with Crippen molar-refractivity contribution in [3.63, 3.8) is 0 Å². The van der Waals surface area contributed by atoms with Gasteiger partial charge in [-0.3, -0.25) is 4.52 Å². The van der Waals surface area contributed by atoms with E-state index in [2.05, 4.69) is 4.52 Å². The Kier molecular flexibility index (Phi) is 10.5. The molecule has 7 heteroatoms. The Balaban J connectivity index is 0. The number of benzene rings is 1. The van der Waals surface area contributed by atoms with E-state index in [1.807, 2.05) is 0 Å². The van der Waals surface area contributed by atoms with Crippen molar-refractivity contribution in [3.05, 3.63) is 30.1 Å². The third-order valence-corrected chi connectivity index (χ3v) is 1.35. The van der Waals surface area contributed by atoms with E-state index >= 15 is 0 Å². The van der Waals surface area contributed by atoms with Gasteiger partial charge in [0, 0.05) is 0 Å². The molecule has 0 fully saturated rings. The van der Waals surface area contributed by atoms with Crippen LogP contribution < -0.4 is 68.5 Å². The summed E-state index contributed by atoms with van der Waals surface area (Å²) in [5.74, 6) is -0.319. The number of hydrogen-bond donors (Lipinski definition) is 0. The Hall–Kier alpha value is 1.01. The predicted molar refractivity (Wildman–Crippen MR) is 34.6 cm³/mol. The van der Waals surface area contributed by atoms with E-state index in [1.54, 1.807) is 0 Å². The molecule has 0 saturated heterocycles. The second kappa shape index (κ2) is 8.33. The molecule has 0 amide bonds. The van der Waals surface area contributed by atoms with Crippen LogP contribution in [0.2, 0.25) is 0 Å². The zero-order chi connectivity index (χ0) is 8.27. The molecule has 0 N–H and O–H groups in total. The van der Waals surface area contributed by atoms with Gasteiger partial charge in [0.15, 0.2) is 5.75 Å². The van der Waals surface area contributed by atoms with Crippen LogP contribution in [0.3, 0.4) is 0 Å². The first-order valence-electron chi connectivity index (χ1n) is 2.76. The zero-order valence-corrected chi connectivity index (χ0v) is 12.3. The number of hydrogen-bond acceptors (Lipinski definition) is 3. The number of halogens is 1. The third-order valence-electron chi connectivity index (χ3n) is 0.994. The maximum absolute atomic E-state index is 12.2. The second-order valence-corrected chi connectivity index (χ2v) is 2.40. The molecule has 0 spiro atoms. The Morgan fingerprint density at radius 3 is 2.08 bits per heavy atom. The minimum atomic E-state index is -2.91. The maximum atomic E-state index is 12.2. The summed E-state index contributed by atoms with van der Waals surface area (Å²) in [5, 5.41) is 0. The van der Waals surface area contributed by atoms with Crippen molar-refractivity contribution >= 4 is 8.25 Å². The van der Waals surface area contributed by atoms with Crippen molar-refractivity contribution < 1.29 is 77.5 Å². The SMILES string of the molecule is O=[P+]([O-])Oc1ccc(F)cc1.[Na+].[Na+]. The maximum Gasteiger partial charge on any atom is 1.00 e. The fourth-order valence-electron chi connectivity index (χ4n) is 0.582. The van der Waals surface area contributed by atoms with E-state index in [0.717, 1.165) is 12.1 Å². The topological polar surface area (TPSA) is 49.4 Å². The van der Waals surface area contributed by atoms with Gasteiger partial charge in [-0.1, -0.05) is 0 Å². The Morgan fingerprint density at radius 1 is 1.23 bits per heavy atom. The molecule has 1 aromatic rings. The van der Waals surface area contributed by atoms with Gasteiger partial charge in [-0.2, -0.15) is 0 Å². The summed E-state index contributed by atoms with van der Waals surface area (Å²) in [6, 6.07) is 4.71. The minimum Gasteiger partial charge on any atom is -0.558 e. The fraction of sp³-hybridized carbons (Fsp3) is 0. The molecule has 3 nitrogen and oxygen atoms in total. The summed E-state index contributed by atoms with van der Waals surface area (Å²) in [4.78, 5) is 9.97. The molecule has 1 atom stereocenters. The van der Waals surface area contributed by atoms with Gasteiger partial charge in [0.2, 0.25) is 0 Å². The molecule has 1 unspecified atom stereocenters. The molecule has 0 radical (unpaired) electrons. The van der Waals surface area contributed by atoms with Crippen molar-refractivity contribution in [2.24, 2.45) is 0 Å². The van der Waals surface area contributed by atoms with Crippen molar-refractivity contribution in [3.8, 4) is 5.75 Å². The Labute approximate surface area is 120 Å². The van der Waals surface area contributed by atoms with Crippen molar-refractivity contribution in [2.45, 2.75) is 0 Å². The summed E-state index contributed by atoms with van der Waals surface area (Å²) >= 11 is 0. The van der Waals surface area contributed by atoms with Crippen LogP contribution in [-0.4, -0.2) is 0 Å². The summed E-state index contributed by atoms with van der Waals surface area (Å²) in [7, 11) is -2.91. The molecule has 13 heavy (non-hydrogen) atoms. The molecular weight excluding hydrogens is 216 g/mol. The molecular formula is C6H4FNa2O3P+2. The van der Waals surface area contributed by atoms with Crippen molar-refractivity contribution in [2.75, 3.05) is 0 Å². The molecule has 1 rings (SSSR count). The van der Waals surface area contributed by atoms with E-state index in [1.165, 1.54) is 12.1 Å². The minimum absolute atomic E-state index is 0. The molecule has 0 aliphatic carbocycles. The van der Waals surface area contributed by atoms with Crippen LogP contribution >= 0.6 is 8.25 Å². The van der Waals surface area contributed by atoms with E-state index in [4.69, 9.17) is 0 Å². The van der Waals surface area contributed by atoms with Crippen LogP contribution in [0.1, 0.15) is 0 Å². The molecule has 0 aliphatic rings. The van der Waals surface area contributed by atoms with Crippen molar-refractivity contribution in [1.29, 1.82) is 0 Å². The average Bonchev–Trinajstić information content (AvgIpc) is 1.93. The van der Waals surface area contributed by atoms with Gasteiger partial charge >= 0.3 is 67.4 Å². The van der Waals surface area contributed by atoms with Crippen LogP contribution in [0.4, 0.5) is 4.39 Å². The monoisotopic (exact) mass is 220 g/mol. The standard InChI is InChI=1S/C6H4FO3P.2Na/c7-5-1-3-6(4-2-5)10-11(8)9;;/h1-4H;;/q;2*+1. The van der Waals surface area contributed by atoms with Crippen LogP contribution in [0, 0.1) is 5.82 Å². The van der Waals surface area contributed by atoms with Gasteiger partial charge in [-0.05, 0) is 28.8 Å². The van der Waals surface area contributed by atoms with Gasteiger partial charge in [-0.15, -0.1) is 0 Å². The summed E-state index contributed by atoms with van der Waals surface area (Å²) in [6.45, 7) is 0. The molecule has 1 aromatic carbocycles. The van der Waals surface area contributed by atoms with Crippen LogP contribution in [0.5, 0.6) is 5.75 Å². The molecule has 0 saturated carbocycles. The van der Waals surface area contributed by atoms with E-state index in [9.17, 15) is 13.8 Å². The average molecular weight is 220 g/mol. The predicted octanol–water partition coefficient (Wildman–Crippen LogP) is -4.77. The Morgan fingerprint density at radius 2 is 1.69 bits per heavy atom. The third kappa shape index (κ3) is 7.00. The first-order chi connectivity index (χ1) is 5.18. The van der Waals surface area contributed by atoms with Gasteiger partial charge < -0.3 is 4.89 Å². The normalized spacial score (nSPS) is 9.23. The summed E-state index contributed by atoms with van der Waals surface area (Å²) in [6.07, 6.45) is 0. The molecule has 0 bridgehead atoms. The van der Waals surface area contributed by atoms with Crippen molar-refractivity contribution in [1.82, 2.24) is 0 Å². The Bertz CT molecular complexity index is 267. The zero-order valence-electron chi connectivity index (χ0n) is 7.36. The van der Waals surface area contributed by atoms with Gasteiger partial charge in [0.25, 0.3) is 0 Å². The van der Waals surface area contributed by atoms with Crippen LogP contribution in [0.15, 0.2) is 24.3 Å². The second-order valence-electron chi connectivity index (χ2n) is 1.77. The molecule has 0 heterocycles. The van der Waals surface area contributed by atoms with E-state index in [-0.39, 0.29) is 64.9 Å². The van der Waals surface area contributed by atoms with Crippen LogP contribution in [-0.2, 0) is 4.57 Å². The first kappa shape index (κ1) is 16.4. The number of rotatable bonds is 2. The van der Waals surface area contributed by atoms with Gasteiger partial charge in [0.1, 0.15) is 5.82 Å². The van der Waals surface area contributed by atoms with E-state index in [0.29, 0.717) is 0 Å². The molecule has 0 aromatic heterocycles. The van der Waals surface area contributed by atoms with E-state index < -0.39 is 14.1 Å². The largest absolute Gasteiger partial charge is 1.00 e. The summed E-state index contributed by atoms with van der Waals surface area (Å²) < 4.78 is 26.4. The molecule has 58 valence electrons. The van der Waals surface area contributed by atoms with Gasteiger partial charge in [-0.25, -0.2) is 4.39 Å². The molecule has 0 aliphatic heterocycles. The smallest absolute Gasteiger partial charge is 0.558 e. The van der Waals surface area contributed by atoms with Gasteiger partial charge in [0.05, 0.1) is 0 Å². The quantitative estimate of drug-likeness (QED) is 0.371. The van der Waals surface area contributed by atoms with Crippen LogP contribution in [0.25, 0.3) is 0 Å². The summed E-state index contributed by atoms with van der Waals surface area (Å²) in [5.41, 5.74) is 0.